The summed E-state index contributed by atoms with van der Waals surface area (Å²) in [5, 5.41) is 42.2. The largest absolute Gasteiger partial charge is 0.633 e. The van der Waals surface area contributed by atoms with Crippen molar-refractivity contribution in [2.75, 3.05) is 13.1 Å². The number of amides is 2. The molecular weight excluding hydrogens is 880 g/mol. The highest BCUT2D eigenvalue weighted by atomic mass is 16.6. The minimum atomic E-state index is -0.798. The van der Waals surface area contributed by atoms with E-state index in [0.717, 1.165) is 102 Å². The standard InChI is InChI=1S/C62H51BN2O6/c1-36-30-48-43-18-7-5-14-41(43)34-52(57(48)66)61(68)64-28-11-3-4-12-29-65-62(69)53-35-42-15-6-8-19-44(42)49(58(53)67)31-37(2)33-51-46-21-10-9-20-45(46)50(32-36)59-60(51)71-63(70-59)54-27-25-40-23-22-38-16-13-17-39-24-26-47(54)56(40)55(38)39/h5-10,13-27,34-35,66-67H,1-4,11-12,28-33H2,(H,64,68)(H,65,69). The Bertz CT molecular complexity index is 3670. The van der Waals surface area contributed by atoms with Crippen LogP contribution in [-0.4, -0.2) is 42.2 Å². The Labute approximate surface area is 411 Å². The summed E-state index contributed by atoms with van der Waals surface area (Å²) in [5.74, 6) is 0.431. The van der Waals surface area contributed by atoms with E-state index in [2.05, 4.69) is 90.5 Å². The van der Waals surface area contributed by atoms with Gasteiger partial charge in [-0.05, 0) is 115 Å². The van der Waals surface area contributed by atoms with Crippen molar-refractivity contribution >= 4 is 89.0 Å². The third-order valence-electron chi connectivity index (χ3n) is 14.7. The first-order chi connectivity index (χ1) is 34.7. The molecule has 0 aromatic heterocycles. The van der Waals surface area contributed by atoms with Gasteiger partial charge in [-0.1, -0.05) is 165 Å². The van der Waals surface area contributed by atoms with Crippen molar-refractivity contribution in [3.05, 3.63) is 197 Å². The molecule has 0 unspecified atom stereocenters. The van der Waals surface area contributed by atoms with E-state index in [1.807, 2.05) is 60.7 Å². The zero-order valence-corrected chi connectivity index (χ0v) is 39.4. The summed E-state index contributed by atoms with van der Waals surface area (Å²) in [4.78, 5) is 27.6. The molecule has 12 rings (SSSR count). The average Bonchev–Trinajstić information content (AvgIpc) is 3.84. The van der Waals surface area contributed by atoms with Crippen LogP contribution >= 0.6 is 0 Å². The third-order valence-corrected chi connectivity index (χ3v) is 14.7. The second kappa shape index (κ2) is 17.9. The molecule has 2 aliphatic heterocycles. The number of carbonyl (C=O) groups excluding carboxylic acids is 2. The fraction of sp³-hybridized carbons (Fsp3) is 0.161. The molecule has 2 aliphatic rings. The maximum Gasteiger partial charge on any atom is 0.633 e. The number of phenolic OH excluding ortho intramolecular Hbond substituents is 2. The van der Waals surface area contributed by atoms with E-state index in [0.29, 0.717) is 61.4 Å². The Hall–Kier alpha value is -8.30. The minimum absolute atomic E-state index is 0.0548. The van der Waals surface area contributed by atoms with Crippen molar-refractivity contribution in [3.63, 3.8) is 0 Å². The van der Waals surface area contributed by atoms with E-state index >= 15 is 0 Å². The molecule has 348 valence electrons. The molecule has 0 saturated heterocycles. The molecule has 4 N–H and O–H groups in total. The van der Waals surface area contributed by atoms with Crippen LogP contribution in [0.2, 0.25) is 0 Å². The first-order valence-corrected chi connectivity index (χ1v) is 24.6. The Balaban J connectivity index is 1.00. The highest BCUT2D eigenvalue weighted by molar-refractivity contribution is 6.67. The normalized spacial score (nSPS) is 15.4. The van der Waals surface area contributed by atoms with Crippen molar-refractivity contribution in [2.45, 2.75) is 51.4 Å². The van der Waals surface area contributed by atoms with Crippen LogP contribution in [0, 0.1) is 0 Å². The molecule has 0 atom stereocenters. The second-order valence-corrected chi connectivity index (χ2v) is 19.3. The quantitative estimate of drug-likeness (QED) is 0.0740. The number of rotatable bonds is 1. The lowest BCUT2D eigenvalue weighted by molar-refractivity contribution is 0.0940. The monoisotopic (exact) mass is 930 g/mol. The van der Waals surface area contributed by atoms with E-state index < -0.39 is 7.12 Å². The van der Waals surface area contributed by atoms with Crippen molar-refractivity contribution in [3.8, 4) is 23.0 Å². The molecule has 10 aromatic rings. The van der Waals surface area contributed by atoms with Gasteiger partial charge in [-0.3, -0.25) is 9.59 Å². The second-order valence-electron chi connectivity index (χ2n) is 19.3. The molecule has 2 amide bonds. The maximum atomic E-state index is 13.8. The predicted octanol–water partition coefficient (Wildman–Crippen LogP) is 12.3. The van der Waals surface area contributed by atoms with Crippen molar-refractivity contribution < 1.29 is 29.1 Å². The number of allylic oxidation sites excluding steroid dienone is 2. The average molecular weight is 931 g/mol. The zero-order valence-electron chi connectivity index (χ0n) is 39.4. The van der Waals surface area contributed by atoms with Crippen LogP contribution in [0.3, 0.4) is 0 Å². The van der Waals surface area contributed by atoms with Gasteiger partial charge in [0.15, 0.2) is 0 Å². The lowest BCUT2D eigenvalue weighted by Gasteiger charge is -2.20. The van der Waals surface area contributed by atoms with E-state index in [1.165, 1.54) is 16.2 Å². The van der Waals surface area contributed by atoms with E-state index in [4.69, 9.17) is 9.31 Å². The van der Waals surface area contributed by atoms with Crippen LogP contribution < -0.4 is 25.4 Å². The lowest BCUT2D eigenvalue weighted by Crippen LogP contribution is -2.39. The molecule has 2 heterocycles. The van der Waals surface area contributed by atoms with Crippen LogP contribution in [0.15, 0.2) is 164 Å². The number of aromatic hydroxyl groups is 2. The molecule has 10 aromatic carbocycles. The van der Waals surface area contributed by atoms with E-state index in [-0.39, 0.29) is 34.4 Å². The number of carbonyl (C=O) groups is 2. The summed E-state index contributed by atoms with van der Waals surface area (Å²) in [7, 11) is -0.798. The summed E-state index contributed by atoms with van der Waals surface area (Å²) in [6, 6.07) is 46.8. The van der Waals surface area contributed by atoms with Gasteiger partial charge >= 0.3 is 7.12 Å². The summed E-state index contributed by atoms with van der Waals surface area (Å²) in [6.07, 6.45) is 4.53. The van der Waals surface area contributed by atoms with Crippen LogP contribution in [0.25, 0.3) is 64.6 Å². The summed E-state index contributed by atoms with van der Waals surface area (Å²) < 4.78 is 14.3. The van der Waals surface area contributed by atoms with Gasteiger partial charge in [0.1, 0.15) is 23.0 Å². The van der Waals surface area contributed by atoms with Gasteiger partial charge in [0.25, 0.3) is 11.8 Å². The van der Waals surface area contributed by atoms with Gasteiger partial charge in [-0.15, -0.1) is 0 Å². The maximum absolute atomic E-state index is 13.8. The van der Waals surface area contributed by atoms with Crippen molar-refractivity contribution in [2.24, 2.45) is 0 Å². The van der Waals surface area contributed by atoms with Crippen molar-refractivity contribution in [1.29, 1.82) is 0 Å². The Morgan fingerprint density at radius 1 is 0.437 bits per heavy atom. The first-order valence-electron chi connectivity index (χ1n) is 24.6. The van der Waals surface area contributed by atoms with E-state index in [1.54, 1.807) is 12.1 Å². The predicted molar refractivity (Wildman–Crippen MR) is 288 cm³/mol. The van der Waals surface area contributed by atoms with Gasteiger partial charge in [0.2, 0.25) is 0 Å². The van der Waals surface area contributed by atoms with Gasteiger partial charge in [0, 0.05) is 40.8 Å². The highest BCUT2D eigenvalue weighted by Gasteiger charge is 2.40. The molecule has 6 bridgehead atoms. The molecule has 0 spiro atoms. The third kappa shape index (κ3) is 7.73. The topological polar surface area (TPSA) is 117 Å². The molecule has 0 fully saturated rings. The number of hydrogen-bond acceptors (Lipinski definition) is 6. The smallest absolute Gasteiger partial charge is 0.519 e. The number of hydrogen-bond donors (Lipinski definition) is 4. The van der Waals surface area contributed by atoms with Gasteiger partial charge in [-0.2, -0.15) is 0 Å². The molecule has 0 radical (unpaired) electrons. The molecule has 0 aliphatic carbocycles. The van der Waals surface area contributed by atoms with Gasteiger partial charge < -0.3 is 30.2 Å². The lowest BCUT2D eigenvalue weighted by atomic mass is 9.75. The number of phenols is 2. The first kappa shape index (κ1) is 43.9. The molecule has 8 nitrogen and oxygen atoms in total. The van der Waals surface area contributed by atoms with Crippen LogP contribution in [0.5, 0.6) is 23.0 Å². The Morgan fingerprint density at radius 3 is 1.38 bits per heavy atom. The van der Waals surface area contributed by atoms with Gasteiger partial charge in [0.05, 0.1) is 11.1 Å². The Kier molecular flexibility index (Phi) is 11.1. The summed E-state index contributed by atoms with van der Waals surface area (Å²) >= 11 is 0. The van der Waals surface area contributed by atoms with Crippen LogP contribution in [0.1, 0.15) is 68.7 Å². The molecule has 71 heavy (non-hydrogen) atoms. The molecule has 0 saturated carbocycles. The van der Waals surface area contributed by atoms with Gasteiger partial charge in [-0.25, -0.2) is 0 Å². The summed E-state index contributed by atoms with van der Waals surface area (Å²) in [5.41, 5.74) is 6.05. The fourth-order valence-corrected chi connectivity index (χ4v) is 11.3. The summed E-state index contributed by atoms with van der Waals surface area (Å²) in [6.45, 7) is 10.2. The molecular formula is C62H51BN2O6. The SMILES string of the molecule is C=C1Cc2c(O)c(cc3ccccc23)C(=O)NCCCCCCNC(=O)c2cc3ccccc3c(c2O)CC(=C)Cc2c3c(c(c4ccccc24)C1)OB(c1ccc2ccc4cccc5ccc1c2c45)O3. The zero-order chi connectivity index (χ0) is 48.3. The van der Waals surface area contributed by atoms with Crippen molar-refractivity contribution in [1.82, 2.24) is 10.6 Å². The van der Waals surface area contributed by atoms with Crippen LogP contribution in [0.4, 0.5) is 0 Å². The minimum Gasteiger partial charge on any atom is -0.519 e. The van der Waals surface area contributed by atoms with Crippen LogP contribution in [-0.2, 0) is 25.7 Å². The fourth-order valence-electron chi connectivity index (χ4n) is 11.3. The highest BCUT2D eigenvalue weighted by Crippen LogP contribution is 2.49. The number of nitrogens with one attached hydrogen (secondary N) is 2. The molecule has 9 heteroatoms. The number of fused-ring (bicyclic) bond motifs is 11. The van der Waals surface area contributed by atoms with E-state index in [9.17, 15) is 19.8 Å². The number of benzene rings is 10. The Morgan fingerprint density at radius 2 is 0.859 bits per heavy atom.